The predicted octanol–water partition coefficient (Wildman–Crippen LogP) is 3.54. The van der Waals surface area contributed by atoms with E-state index in [2.05, 4.69) is 10.1 Å². The number of amidine groups is 1. The summed E-state index contributed by atoms with van der Waals surface area (Å²) in [4.78, 5) is 8.30. The molecule has 0 amide bonds. The minimum absolute atomic E-state index is 0.330. The lowest BCUT2D eigenvalue weighted by Gasteiger charge is -2.32. The topological polar surface area (TPSA) is 34.4 Å². The van der Waals surface area contributed by atoms with Gasteiger partial charge in [-0.1, -0.05) is 6.07 Å². The van der Waals surface area contributed by atoms with E-state index < -0.39 is 0 Å². The van der Waals surface area contributed by atoms with E-state index in [-0.39, 0.29) is 11.6 Å². The number of nitrogens with zero attached hydrogens (tertiary/aromatic N) is 5. The van der Waals surface area contributed by atoms with E-state index in [1.165, 1.54) is 18.2 Å². The highest BCUT2D eigenvalue weighted by Crippen LogP contribution is 2.33. The Morgan fingerprint density at radius 2 is 2.00 bits per heavy atom. The summed E-state index contributed by atoms with van der Waals surface area (Å²) in [6.45, 7) is 4.78. The lowest BCUT2D eigenvalue weighted by Crippen LogP contribution is -2.41. The van der Waals surface area contributed by atoms with E-state index in [1.54, 1.807) is 11.1 Å². The van der Waals surface area contributed by atoms with Crippen LogP contribution >= 0.6 is 0 Å². The minimum Gasteiger partial charge on any atom is -0.326 e. The van der Waals surface area contributed by atoms with Crippen molar-refractivity contribution in [3.63, 3.8) is 0 Å². The van der Waals surface area contributed by atoms with Gasteiger partial charge in [-0.15, -0.1) is 5.10 Å². The summed E-state index contributed by atoms with van der Waals surface area (Å²) < 4.78 is 28.7. The van der Waals surface area contributed by atoms with Gasteiger partial charge in [0.05, 0.1) is 11.3 Å². The molecule has 0 N–H and O–H groups in total. The second kappa shape index (κ2) is 6.09. The molecule has 0 spiro atoms. The number of anilines is 2. The molecule has 26 heavy (non-hydrogen) atoms. The molecular formula is C19H19F2N5. The van der Waals surface area contributed by atoms with E-state index >= 15 is 0 Å². The smallest absolute Gasteiger partial charge is 0.250 e. The zero-order valence-electron chi connectivity index (χ0n) is 14.9. The fourth-order valence-corrected chi connectivity index (χ4v) is 3.41. The van der Waals surface area contributed by atoms with Gasteiger partial charge in [0.25, 0.3) is 5.96 Å². The first-order valence-corrected chi connectivity index (χ1v) is 8.47. The maximum absolute atomic E-state index is 14.8. The van der Waals surface area contributed by atoms with Gasteiger partial charge in [-0.25, -0.2) is 8.78 Å². The van der Waals surface area contributed by atoms with Crippen molar-refractivity contribution in [3.05, 3.63) is 59.2 Å². The van der Waals surface area contributed by atoms with Gasteiger partial charge in [0.2, 0.25) is 0 Å². The van der Waals surface area contributed by atoms with E-state index in [4.69, 9.17) is 0 Å². The van der Waals surface area contributed by atoms with Gasteiger partial charge in [-0.05, 0) is 49.7 Å². The average Bonchev–Trinajstić information content (AvgIpc) is 2.95. The van der Waals surface area contributed by atoms with Crippen molar-refractivity contribution < 1.29 is 8.78 Å². The van der Waals surface area contributed by atoms with Gasteiger partial charge in [0.15, 0.2) is 0 Å². The van der Waals surface area contributed by atoms with Crippen LogP contribution in [0.2, 0.25) is 0 Å². The first kappa shape index (κ1) is 16.5. The average molecular weight is 355 g/mol. The van der Waals surface area contributed by atoms with Gasteiger partial charge in [0, 0.05) is 19.3 Å². The molecule has 0 saturated carbocycles. The summed E-state index contributed by atoms with van der Waals surface area (Å²) in [7, 11) is 1.84. The van der Waals surface area contributed by atoms with E-state index in [1.807, 2.05) is 42.8 Å². The molecule has 2 aliphatic heterocycles. The summed E-state index contributed by atoms with van der Waals surface area (Å²) in [5.74, 6) is 0.257. The number of guanidine groups is 1. The number of hydrogen-bond acceptors (Lipinski definition) is 5. The standard InChI is InChI=1S/C19H19F2N5/c1-4-25(14-9-12(2)8-13(20)10-14)18-17-15(21)6-5-7-16(17)26-11-24(3)23-19(26)22-18/h5-10H,4,11H2,1-3H3. The number of fused-ring (bicyclic) bond motifs is 3. The van der Waals surface area contributed by atoms with E-state index in [9.17, 15) is 8.78 Å². The van der Waals surface area contributed by atoms with Crippen LogP contribution in [0.3, 0.4) is 0 Å². The van der Waals surface area contributed by atoms with Gasteiger partial charge in [-0.2, -0.15) is 4.99 Å². The fraction of sp³-hybridized carbons (Fsp3) is 0.263. The fourth-order valence-electron chi connectivity index (χ4n) is 3.41. The Bertz CT molecular complexity index is 917. The van der Waals surface area contributed by atoms with Crippen LogP contribution in [-0.4, -0.2) is 37.1 Å². The zero-order valence-corrected chi connectivity index (χ0v) is 14.9. The summed E-state index contributed by atoms with van der Waals surface area (Å²) in [5.41, 5.74) is 2.55. The Balaban J connectivity index is 1.91. The molecule has 0 unspecified atom stereocenters. The number of halogens is 2. The van der Waals surface area contributed by atoms with Crippen LogP contribution in [-0.2, 0) is 0 Å². The number of aliphatic imine (C=N–C) groups is 1. The molecule has 4 rings (SSSR count). The summed E-state index contributed by atoms with van der Waals surface area (Å²) in [6.07, 6.45) is 0. The third kappa shape index (κ3) is 2.60. The maximum atomic E-state index is 14.8. The quantitative estimate of drug-likeness (QED) is 0.826. The second-order valence-corrected chi connectivity index (χ2v) is 6.43. The van der Waals surface area contributed by atoms with Crippen LogP contribution in [0, 0.1) is 18.6 Å². The molecule has 0 fully saturated rings. The highest BCUT2D eigenvalue weighted by atomic mass is 19.1. The van der Waals surface area contributed by atoms with Crippen molar-refractivity contribution in [2.24, 2.45) is 10.1 Å². The van der Waals surface area contributed by atoms with Crippen molar-refractivity contribution in [3.8, 4) is 0 Å². The Morgan fingerprint density at radius 3 is 2.73 bits per heavy atom. The molecule has 2 aliphatic rings. The molecular weight excluding hydrogens is 336 g/mol. The highest BCUT2D eigenvalue weighted by Gasteiger charge is 2.34. The number of benzene rings is 2. The van der Waals surface area contributed by atoms with Crippen LogP contribution in [0.4, 0.5) is 20.2 Å². The number of rotatable bonds is 2. The first-order chi connectivity index (χ1) is 12.5. The molecule has 0 aliphatic carbocycles. The van der Waals surface area contributed by atoms with Gasteiger partial charge in [-0.3, -0.25) is 9.91 Å². The first-order valence-electron chi connectivity index (χ1n) is 8.47. The molecule has 0 atom stereocenters. The normalized spacial score (nSPS) is 15.4. The molecule has 7 heteroatoms. The third-order valence-electron chi connectivity index (χ3n) is 4.47. The van der Waals surface area contributed by atoms with E-state index in [0.717, 1.165) is 5.56 Å². The Hall–Kier alpha value is -2.96. The largest absolute Gasteiger partial charge is 0.326 e. The van der Waals surface area contributed by atoms with E-state index in [0.29, 0.717) is 41.9 Å². The molecule has 0 saturated heterocycles. The third-order valence-corrected chi connectivity index (χ3v) is 4.47. The molecule has 134 valence electrons. The molecule has 2 heterocycles. The molecule has 2 aromatic carbocycles. The van der Waals surface area contributed by atoms with Crippen molar-refractivity contribution in [1.29, 1.82) is 0 Å². The van der Waals surface area contributed by atoms with Crippen molar-refractivity contribution in [1.82, 2.24) is 5.01 Å². The summed E-state index contributed by atoms with van der Waals surface area (Å²) >= 11 is 0. The molecule has 2 aromatic rings. The Kier molecular flexibility index (Phi) is 3.86. The monoisotopic (exact) mass is 355 g/mol. The molecule has 0 aromatic heterocycles. The van der Waals surface area contributed by atoms with Crippen LogP contribution in [0.15, 0.2) is 46.5 Å². The number of aryl methyl sites for hydroxylation is 1. The Labute approximate surface area is 150 Å². The molecule has 5 nitrogen and oxygen atoms in total. The lowest BCUT2D eigenvalue weighted by atomic mass is 10.1. The van der Waals surface area contributed by atoms with Crippen LogP contribution in [0.25, 0.3) is 0 Å². The predicted molar refractivity (Wildman–Crippen MR) is 99.6 cm³/mol. The zero-order chi connectivity index (χ0) is 18.4. The van der Waals surface area contributed by atoms with Gasteiger partial charge in [0.1, 0.15) is 24.1 Å². The maximum Gasteiger partial charge on any atom is 0.250 e. The second-order valence-electron chi connectivity index (χ2n) is 6.43. The van der Waals surface area contributed by atoms with Crippen molar-refractivity contribution >= 4 is 23.2 Å². The Morgan fingerprint density at radius 1 is 1.19 bits per heavy atom. The molecule has 0 radical (unpaired) electrons. The highest BCUT2D eigenvalue weighted by molar-refractivity contribution is 6.23. The summed E-state index contributed by atoms with van der Waals surface area (Å²) in [6, 6.07) is 9.72. The minimum atomic E-state index is -0.360. The van der Waals surface area contributed by atoms with Gasteiger partial charge >= 0.3 is 0 Å². The van der Waals surface area contributed by atoms with Crippen molar-refractivity contribution in [2.75, 3.05) is 30.1 Å². The summed E-state index contributed by atoms with van der Waals surface area (Å²) in [5, 5.41) is 6.15. The lowest BCUT2D eigenvalue weighted by molar-refractivity contribution is 0.393. The van der Waals surface area contributed by atoms with Crippen LogP contribution in [0.1, 0.15) is 18.1 Å². The van der Waals surface area contributed by atoms with Crippen molar-refractivity contribution in [2.45, 2.75) is 13.8 Å². The number of hydrogen-bond donors (Lipinski definition) is 0. The SMILES string of the molecule is CCN(C1=NC2=NN(C)CN2c2cccc(F)c21)c1cc(C)cc(F)c1. The number of hydrazone groups is 1. The van der Waals surface area contributed by atoms with Gasteiger partial charge < -0.3 is 4.90 Å². The molecule has 0 bridgehead atoms. The van der Waals surface area contributed by atoms with Crippen LogP contribution in [0.5, 0.6) is 0 Å². The van der Waals surface area contributed by atoms with Crippen LogP contribution < -0.4 is 9.80 Å².